The number of carboxylic acid groups (broad SMARTS) is 1. The number of rotatable bonds is 6. The molecule has 0 atom stereocenters. The van der Waals surface area contributed by atoms with Gasteiger partial charge in [0.15, 0.2) is 0 Å². The van der Waals surface area contributed by atoms with Crippen molar-refractivity contribution in [1.82, 2.24) is 9.80 Å². The van der Waals surface area contributed by atoms with Crippen molar-refractivity contribution >= 4 is 5.97 Å². The van der Waals surface area contributed by atoms with Crippen molar-refractivity contribution < 1.29 is 14.3 Å². The lowest BCUT2D eigenvalue weighted by Crippen LogP contribution is -2.31. The van der Waals surface area contributed by atoms with E-state index in [0.29, 0.717) is 12.1 Å². The summed E-state index contributed by atoms with van der Waals surface area (Å²) in [5.41, 5.74) is 0.572. The van der Waals surface area contributed by atoms with Gasteiger partial charge >= 0.3 is 5.97 Å². The highest BCUT2D eigenvalue weighted by Gasteiger charge is 2.13. The molecule has 1 heterocycles. The fraction of sp³-hybridized carbons (Fsp3) is 0.533. The number of hydrogen-bond acceptors (Lipinski definition) is 3. The molecule has 20 heavy (non-hydrogen) atoms. The lowest BCUT2D eigenvalue weighted by molar-refractivity contribution is 0.0696. The average molecular weight is 280 g/mol. The number of aromatic carboxylic acids is 1. The van der Waals surface area contributed by atoms with Gasteiger partial charge in [0.1, 0.15) is 5.82 Å². The molecule has 0 radical (unpaired) electrons. The van der Waals surface area contributed by atoms with Crippen molar-refractivity contribution in [2.24, 2.45) is 0 Å². The summed E-state index contributed by atoms with van der Waals surface area (Å²) in [4.78, 5) is 15.3. The summed E-state index contributed by atoms with van der Waals surface area (Å²) >= 11 is 0. The molecule has 0 spiro atoms. The number of likely N-dealkylation sites (N-methyl/N-ethyl adjacent to an activating group) is 1. The molecule has 1 aromatic carbocycles. The highest BCUT2D eigenvalue weighted by Crippen LogP contribution is 2.13. The second kappa shape index (κ2) is 6.81. The summed E-state index contributed by atoms with van der Waals surface area (Å²) in [6.45, 7) is 4.57. The molecule has 0 saturated carbocycles. The minimum Gasteiger partial charge on any atom is -0.478 e. The molecule has 0 aromatic heterocycles. The van der Waals surface area contributed by atoms with Gasteiger partial charge in [0.25, 0.3) is 0 Å². The number of nitrogens with zero attached hydrogens (tertiary/aromatic N) is 2. The zero-order valence-corrected chi connectivity index (χ0v) is 11.8. The normalized spacial score (nSPS) is 15.9. The van der Waals surface area contributed by atoms with Crippen molar-refractivity contribution in [2.75, 3.05) is 33.2 Å². The Bertz CT molecular complexity index is 473. The van der Waals surface area contributed by atoms with Crippen molar-refractivity contribution in [3.05, 3.63) is 35.1 Å². The maximum Gasteiger partial charge on any atom is 0.335 e. The molecule has 4 nitrogen and oxygen atoms in total. The Morgan fingerprint density at radius 2 is 2.10 bits per heavy atom. The first kappa shape index (κ1) is 14.9. The second-order valence-electron chi connectivity index (χ2n) is 5.40. The molecule has 5 heteroatoms. The monoisotopic (exact) mass is 280 g/mol. The Morgan fingerprint density at radius 1 is 1.40 bits per heavy atom. The lowest BCUT2D eigenvalue weighted by atomic mass is 10.1. The van der Waals surface area contributed by atoms with Crippen molar-refractivity contribution in [1.29, 1.82) is 0 Å². The second-order valence-corrected chi connectivity index (χ2v) is 5.40. The van der Waals surface area contributed by atoms with E-state index in [1.54, 1.807) is 0 Å². The van der Waals surface area contributed by atoms with Crippen LogP contribution in [0.25, 0.3) is 0 Å². The van der Waals surface area contributed by atoms with Crippen LogP contribution in [0.15, 0.2) is 18.2 Å². The zero-order valence-electron chi connectivity index (χ0n) is 11.8. The fourth-order valence-electron chi connectivity index (χ4n) is 2.52. The Kier molecular flexibility index (Phi) is 5.09. The fourth-order valence-corrected chi connectivity index (χ4v) is 2.52. The van der Waals surface area contributed by atoms with Crippen LogP contribution in [-0.2, 0) is 6.54 Å². The molecule has 0 unspecified atom stereocenters. The van der Waals surface area contributed by atoms with Crippen LogP contribution in [0.3, 0.4) is 0 Å². The quantitative estimate of drug-likeness (QED) is 0.866. The van der Waals surface area contributed by atoms with E-state index in [-0.39, 0.29) is 11.4 Å². The summed E-state index contributed by atoms with van der Waals surface area (Å²) in [7, 11) is 1.93. The maximum atomic E-state index is 13.7. The third-order valence-electron chi connectivity index (χ3n) is 3.73. The van der Waals surface area contributed by atoms with E-state index in [4.69, 9.17) is 5.11 Å². The number of carbonyl (C=O) groups is 1. The Balaban J connectivity index is 1.90. The summed E-state index contributed by atoms with van der Waals surface area (Å²) in [5.74, 6) is -1.37. The highest BCUT2D eigenvalue weighted by molar-refractivity contribution is 5.87. The first-order valence-electron chi connectivity index (χ1n) is 6.99. The van der Waals surface area contributed by atoms with E-state index in [1.807, 2.05) is 11.9 Å². The van der Waals surface area contributed by atoms with Gasteiger partial charge in [-0.2, -0.15) is 0 Å². The summed E-state index contributed by atoms with van der Waals surface area (Å²) in [6.07, 6.45) is 2.53. The third-order valence-corrected chi connectivity index (χ3v) is 3.73. The van der Waals surface area contributed by atoms with Crippen LogP contribution in [0, 0.1) is 5.82 Å². The van der Waals surface area contributed by atoms with E-state index < -0.39 is 5.97 Å². The van der Waals surface area contributed by atoms with Crippen LogP contribution in [0.5, 0.6) is 0 Å². The molecule has 1 N–H and O–H groups in total. The zero-order chi connectivity index (χ0) is 14.5. The molecular formula is C15H21FN2O2. The first-order chi connectivity index (χ1) is 9.56. The predicted octanol–water partition coefficient (Wildman–Crippen LogP) is 2.05. The van der Waals surface area contributed by atoms with Crippen LogP contribution in [0.2, 0.25) is 0 Å². The van der Waals surface area contributed by atoms with E-state index >= 15 is 0 Å². The van der Waals surface area contributed by atoms with Gasteiger partial charge in [-0.1, -0.05) is 0 Å². The molecule has 1 fully saturated rings. The van der Waals surface area contributed by atoms with Crippen LogP contribution in [-0.4, -0.2) is 54.1 Å². The van der Waals surface area contributed by atoms with Crippen LogP contribution in [0.1, 0.15) is 28.8 Å². The minimum absolute atomic E-state index is 0.134. The smallest absolute Gasteiger partial charge is 0.335 e. The molecule has 110 valence electrons. The Labute approximate surface area is 118 Å². The van der Waals surface area contributed by atoms with Gasteiger partial charge in [-0.15, -0.1) is 0 Å². The van der Waals surface area contributed by atoms with Gasteiger partial charge in [-0.3, -0.25) is 0 Å². The Hall–Kier alpha value is -1.46. The number of hydrogen-bond donors (Lipinski definition) is 1. The SMILES string of the molecule is CN(CCN1CCCC1)Cc1cc(C(=O)O)ccc1F. The first-order valence-corrected chi connectivity index (χ1v) is 6.99. The van der Waals surface area contributed by atoms with E-state index in [2.05, 4.69) is 4.90 Å². The van der Waals surface area contributed by atoms with Gasteiger partial charge in [0, 0.05) is 25.2 Å². The number of likely N-dealkylation sites (tertiary alicyclic amines) is 1. The molecule has 1 saturated heterocycles. The van der Waals surface area contributed by atoms with Crippen LogP contribution >= 0.6 is 0 Å². The minimum atomic E-state index is -1.02. The van der Waals surface area contributed by atoms with Crippen LogP contribution < -0.4 is 0 Å². The molecular weight excluding hydrogens is 259 g/mol. The maximum absolute atomic E-state index is 13.7. The van der Waals surface area contributed by atoms with Gasteiger partial charge in [-0.05, 0) is 51.2 Å². The van der Waals surface area contributed by atoms with E-state index in [9.17, 15) is 9.18 Å². The van der Waals surface area contributed by atoms with Crippen LogP contribution in [0.4, 0.5) is 4.39 Å². The number of halogens is 1. The molecule has 1 aliphatic rings. The highest BCUT2D eigenvalue weighted by atomic mass is 19.1. The number of carboxylic acids is 1. The third kappa shape index (κ3) is 4.02. The molecule has 2 rings (SSSR count). The van der Waals surface area contributed by atoms with Gasteiger partial charge < -0.3 is 14.9 Å². The predicted molar refractivity (Wildman–Crippen MR) is 75.4 cm³/mol. The molecule has 0 bridgehead atoms. The average Bonchev–Trinajstić information content (AvgIpc) is 2.92. The summed E-state index contributed by atoms with van der Waals surface area (Å²) < 4.78 is 13.7. The number of benzene rings is 1. The topological polar surface area (TPSA) is 43.8 Å². The lowest BCUT2D eigenvalue weighted by Gasteiger charge is -2.21. The van der Waals surface area contributed by atoms with Crippen molar-refractivity contribution in [3.8, 4) is 0 Å². The van der Waals surface area contributed by atoms with E-state index in [0.717, 1.165) is 26.2 Å². The Morgan fingerprint density at radius 3 is 2.75 bits per heavy atom. The van der Waals surface area contributed by atoms with Gasteiger partial charge in [0.05, 0.1) is 5.56 Å². The molecule has 0 amide bonds. The van der Waals surface area contributed by atoms with Crippen molar-refractivity contribution in [2.45, 2.75) is 19.4 Å². The summed E-state index contributed by atoms with van der Waals surface area (Å²) in [5, 5.41) is 8.94. The molecule has 0 aliphatic carbocycles. The molecule has 1 aliphatic heterocycles. The van der Waals surface area contributed by atoms with E-state index in [1.165, 1.54) is 31.0 Å². The summed E-state index contributed by atoms with van der Waals surface area (Å²) in [6, 6.07) is 3.95. The molecule has 1 aromatic rings. The van der Waals surface area contributed by atoms with Gasteiger partial charge in [0.2, 0.25) is 0 Å². The standard InChI is InChI=1S/C15H21FN2O2/c1-17(8-9-18-6-2-3-7-18)11-13-10-12(15(19)20)4-5-14(13)16/h4-5,10H,2-3,6-9,11H2,1H3,(H,19,20). The van der Waals surface area contributed by atoms with Gasteiger partial charge in [-0.25, -0.2) is 9.18 Å². The van der Waals surface area contributed by atoms with Crippen molar-refractivity contribution in [3.63, 3.8) is 0 Å². The largest absolute Gasteiger partial charge is 0.478 e.